The maximum Gasteiger partial charge on any atom is 0.338 e. The topological polar surface area (TPSA) is 72.4 Å². The van der Waals surface area contributed by atoms with Crippen LogP contribution in [0.5, 0.6) is 0 Å². The highest BCUT2D eigenvalue weighted by Gasteiger charge is 2.16. The molecule has 30 heavy (non-hydrogen) atoms. The molecule has 2 heterocycles. The monoisotopic (exact) mass is 417 g/mol. The van der Waals surface area contributed by atoms with Crippen molar-refractivity contribution in [1.82, 2.24) is 9.97 Å². The van der Waals surface area contributed by atoms with Crippen molar-refractivity contribution in [3.05, 3.63) is 94.4 Å². The average Bonchev–Trinajstić information content (AvgIpc) is 2.78. The Morgan fingerprint density at radius 2 is 1.80 bits per heavy atom. The molecule has 6 nitrogen and oxygen atoms in total. The fourth-order valence-electron chi connectivity index (χ4n) is 3.03. The first-order chi connectivity index (χ1) is 14.7. The van der Waals surface area contributed by atoms with Crippen LogP contribution in [0.15, 0.2) is 77.7 Å². The van der Waals surface area contributed by atoms with Gasteiger partial charge in [-0.15, -0.1) is 0 Å². The van der Waals surface area contributed by atoms with Gasteiger partial charge in [0.15, 0.2) is 5.13 Å². The molecule has 4 rings (SSSR count). The number of aromatic nitrogens is 2. The number of hydrogen-bond donors (Lipinski definition) is 0. The Kier molecular flexibility index (Phi) is 5.81. The summed E-state index contributed by atoms with van der Waals surface area (Å²) in [5, 5.41) is 1.04. The number of carbonyl (C=O) groups is 1. The fraction of sp³-hybridized carbons (Fsp3) is 0.130. The number of nitrogens with zero attached hydrogens (tertiary/aromatic N) is 3. The molecule has 0 aliphatic heterocycles. The van der Waals surface area contributed by atoms with E-state index in [1.54, 1.807) is 37.4 Å². The van der Waals surface area contributed by atoms with Gasteiger partial charge in [-0.3, -0.25) is 4.79 Å². The van der Waals surface area contributed by atoms with E-state index in [1.807, 2.05) is 47.4 Å². The summed E-state index contributed by atoms with van der Waals surface area (Å²) in [6, 6.07) is 20.5. The number of rotatable bonds is 6. The van der Waals surface area contributed by atoms with Gasteiger partial charge in [0, 0.05) is 11.9 Å². The van der Waals surface area contributed by atoms with Gasteiger partial charge in [0.2, 0.25) is 0 Å². The third-order valence-corrected chi connectivity index (χ3v) is 5.50. The number of hydrogen-bond acceptors (Lipinski definition) is 7. The lowest BCUT2D eigenvalue weighted by Crippen LogP contribution is -2.20. The standard InChI is InChI=1S/C23H19N3O3S/c1-2-29-22(28)17-10-12-18(13-11-17)26(15-16-7-4-3-5-8-16)23-25-20(27)19-9-6-14-24-21(19)30-23/h3-14H,2,15H2,1H3. The molecule has 0 unspecified atom stereocenters. The molecule has 2 aromatic heterocycles. The van der Waals surface area contributed by atoms with Crippen LogP contribution in [0.25, 0.3) is 10.2 Å². The van der Waals surface area contributed by atoms with Crippen LogP contribution in [0, 0.1) is 0 Å². The van der Waals surface area contributed by atoms with Crippen LogP contribution < -0.4 is 10.5 Å². The van der Waals surface area contributed by atoms with Crippen molar-refractivity contribution < 1.29 is 9.53 Å². The molecule has 7 heteroatoms. The minimum Gasteiger partial charge on any atom is -0.462 e. The Balaban J connectivity index is 1.77. The zero-order chi connectivity index (χ0) is 20.9. The molecule has 0 amide bonds. The fourth-order valence-corrected chi connectivity index (χ4v) is 3.99. The first-order valence-electron chi connectivity index (χ1n) is 9.50. The Morgan fingerprint density at radius 1 is 1.03 bits per heavy atom. The summed E-state index contributed by atoms with van der Waals surface area (Å²) in [7, 11) is 0. The van der Waals surface area contributed by atoms with Gasteiger partial charge < -0.3 is 9.64 Å². The van der Waals surface area contributed by atoms with E-state index in [1.165, 1.54) is 11.3 Å². The molecule has 0 bridgehead atoms. The molecule has 0 saturated heterocycles. The van der Waals surface area contributed by atoms with Crippen LogP contribution in [0.1, 0.15) is 22.8 Å². The van der Waals surface area contributed by atoms with Gasteiger partial charge >= 0.3 is 5.97 Å². The summed E-state index contributed by atoms with van der Waals surface area (Å²) in [6.45, 7) is 2.61. The number of ether oxygens (including phenoxy) is 1. The van der Waals surface area contributed by atoms with Gasteiger partial charge in [-0.1, -0.05) is 41.7 Å². The molecular weight excluding hydrogens is 398 g/mol. The number of pyridine rings is 1. The summed E-state index contributed by atoms with van der Waals surface area (Å²) in [4.78, 5) is 35.8. The largest absolute Gasteiger partial charge is 0.462 e. The van der Waals surface area contributed by atoms with E-state index in [0.717, 1.165) is 11.3 Å². The molecule has 0 radical (unpaired) electrons. The van der Waals surface area contributed by atoms with Crippen molar-refractivity contribution >= 4 is 38.3 Å². The number of esters is 1. The van der Waals surface area contributed by atoms with E-state index in [4.69, 9.17) is 4.74 Å². The summed E-state index contributed by atoms with van der Waals surface area (Å²) < 4.78 is 5.06. The highest BCUT2D eigenvalue weighted by Crippen LogP contribution is 2.31. The second-order valence-electron chi connectivity index (χ2n) is 6.50. The molecule has 0 fully saturated rings. The molecule has 0 saturated carbocycles. The quantitative estimate of drug-likeness (QED) is 0.428. The lowest BCUT2D eigenvalue weighted by Gasteiger charge is -2.23. The van der Waals surface area contributed by atoms with Crippen LogP contribution in [0.2, 0.25) is 0 Å². The zero-order valence-corrected chi connectivity index (χ0v) is 17.1. The van der Waals surface area contributed by atoms with E-state index in [9.17, 15) is 9.59 Å². The van der Waals surface area contributed by atoms with Crippen LogP contribution in [0.4, 0.5) is 10.8 Å². The summed E-state index contributed by atoms with van der Waals surface area (Å²) in [6.07, 6.45) is 1.66. The highest BCUT2D eigenvalue weighted by atomic mass is 32.1. The van der Waals surface area contributed by atoms with Crippen molar-refractivity contribution in [2.45, 2.75) is 13.5 Å². The molecule has 0 spiro atoms. The number of carbonyl (C=O) groups excluding carboxylic acids is 1. The summed E-state index contributed by atoms with van der Waals surface area (Å²) in [5.74, 6) is -0.364. The van der Waals surface area contributed by atoms with Gasteiger partial charge in [-0.25, -0.2) is 9.78 Å². The van der Waals surface area contributed by atoms with Gasteiger partial charge in [0.1, 0.15) is 4.83 Å². The molecule has 0 atom stereocenters. The lowest BCUT2D eigenvalue weighted by atomic mass is 10.1. The van der Waals surface area contributed by atoms with Crippen molar-refractivity contribution in [2.75, 3.05) is 11.5 Å². The maximum atomic E-state index is 12.6. The number of fused-ring (bicyclic) bond motifs is 1. The molecule has 0 N–H and O–H groups in total. The average molecular weight is 417 g/mol. The SMILES string of the molecule is CCOC(=O)c1ccc(N(Cc2ccccc2)c2nc(=O)c3cccnc3s2)cc1. The third kappa shape index (κ3) is 4.21. The third-order valence-electron chi connectivity index (χ3n) is 4.49. The Labute approximate surface area is 177 Å². The molecule has 2 aromatic carbocycles. The Hall–Kier alpha value is -3.58. The van der Waals surface area contributed by atoms with Gasteiger partial charge in [-0.05, 0) is 48.9 Å². The summed E-state index contributed by atoms with van der Waals surface area (Å²) >= 11 is 1.35. The first kappa shape index (κ1) is 19.7. The van der Waals surface area contributed by atoms with Crippen molar-refractivity contribution in [3.8, 4) is 0 Å². The second kappa shape index (κ2) is 8.84. The summed E-state index contributed by atoms with van der Waals surface area (Å²) in [5.41, 5.74) is 2.04. The van der Waals surface area contributed by atoms with Gasteiger partial charge in [0.05, 0.1) is 24.1 Å². The van der Waals surface area contributed by atoms with Gasteiger partial charge in [-0.2, -0.15) is 4.98 Å². The van der Waals surface area contributed by atoms with Crippen molar-refractivity contribution in [3.63, 3.8) is 0 Å². The van der Waals surface area contributed by atoms with Crippen LogP contribution in [-0.2, 0) is 11.3 Å². The zero-order valence-electron chi connectivity index (χ0n) is 16.3. The predicted molar refractivity (Wildman–Crippen MR) is 118 cm³/mol. The smallest absolute Gasteiger partial charge is 0.338 e. The Bertz CT molecular complexity index is 1220. The molecule has 4 aromatic rings. The molecule has 0 aliphatic rings. The Morgan fingerprint density at radius 3 is 2.53 bits per heavy atom. The minimum atomic E-state index is -0.364. The van der Waals surface area contributed by atoms with E-state index in [-0.39, 0.29) is 11.5 Å². The van der Waals surface area contributed by atoms with Crippen molar-refractivity contribution in [2.24, 2.45) is 0 Å². The molecular formula is C23H19N3O3S. The highest BCUT2D eigenvalue weighted by molar-refractivity contribution is 7.21. The minimum absolute atomic E-state index is 0.312. The van der Waals surface area contributed by atoms with Crippen LogP contribution >= 0.6 is 11.3 Å². The van der Waals surface area contributed by atoms with E-state index >= 15 is 0 Å². The van der Waals surface area contributed by atoms with Crippen molar-refractivity contribution in [1.29, 1.82) is 0 Å². The lowest BCUT2D eigenvalue weighted by molar-refractivity contribution is 0.0526. The first-order valence-corrected chi connectivity index (χ1v) is 10.3. The van der Waals surface area contributed by atoms with Gasteiger partial charge in [0.25, 0.3) is 5.56 Å². The number of benzene rings is 2. The number of anilines is 2. The van der Waals surface area contributed by atoms with E-state index in [2.05, 4.69) is 9.97 Å². The second-order valence-corrected chi connectivity index (χ2v) is 7.45. The van der Waals surface area contributed by atoms with Crippen LogP contribution in [-0.4, -0.2) is 22.5 Å². The predicted octanol–water partition coefficient (Wildman–Crippen LogP) is 4.57. The van der Waals surface area contributed by atoms with E-state index in [0.29, 0.717) is 34.1 Å². The van der Waals surface area contributed by atoms with Crippen LogP contribution in [0.3, 0.4) is 0 Å². The molecule has 0 aliphatic carbocycles. The maximum absolute atomic E-state index is 12.6. The van der Waals surface area contributed by atoms with E-state index < -0.39 is 0 Å². The normalized spacial score (nSPS) is 10.7. The molecule has 150 valence electrons.